The van der Waals surface area contributed by atoms with Gasteiger partial charge in [-0.2, -0.15) is 5.10 Å². The number of fused-ring (bicyclic) bond motifs is 1. The molecule has 1 aromatic carbocycles. The first kappa shape index (κ1) is 17.5. The second-order valence-electron chi connectivity index (χ2n) is 7.34. The number of benzene rings is 1. The topological polar surface area (TPSA) is 60.2 Å². The molecule has 4 aromatic rings. The van der Waals surface area contributed by atoms with Gasteiger partial charge < -0.3 is 0 Å². The Hall–Kier alpha value is -3.60. The van der Waals surface area contributed by atoms with E-state index in [1.165, 1.54) is 0 Å². The fourth-order valence-corrected chi connectivity index (χ4v) is 3.37. The van der Waals surface area contributed by atoms with Gasteiger partial charge in [0.05, 0.1) is 17.8 Å². The maximum atomic E-state index is 12.1. The molecule has 1 aliphatic carbocycles. The molecule has 0 atom stereocenters. The maximum absolute atomic E-state index is 12.1. The molecule has 3 heterocycles. The number of pyridine rings is 2. The Labute approximate surface area is 168 Å². The lowest BCUT2D eigenvalue weighted by molar-refractivity contribution is -0.119. The lowest BCUT2D eigenvalue weighted by Gasteiger charge is -2.04. The van der Waals surface area contributed by atoms with E-state index in [9.17, 15) is 4.79 Å². The minimum absolute atomic E-state index is 0.229. The van der Waals surface area contributed by atoms with Gasteiger partial charge in [0.15, 0.2) is 11.5 Å². The summed E-state index contributed by atoms with van der Waals surface area (Å²) in [5.41, 5.74) is 4.80. The quantitative estimate of drug-likeness (QED) is 0.495. The van der Waals surface area contributed by atoms with Crippen molar-refractivity contribution >= 4 is 23.6 Å². The Kier molecular flexibility index (Phi) is 4.48. The highest BCUT2D eigenvalue weighted by Gasteiger charge is 2.30. The zero-order chi connectivity index (χ0) is 19.6. The van der Waals surface area contributed by atoms with Gasteiger partial charge in [-0.25, -0.2) is 9.50 Å². The van der Waals surface area contributed by atoms with Gasteiger partial charge in [0.2, 0.25) is 0 Å². The Morgan fingerprint density at radius 2 is 1.86 bits per heavy atom. The van der Waals surface area contributed by atoms with Crippen molar-refractivity contribution in [3.8, 4) is 11.3 Å². The highest BCUT2D eigenvalue weighted by Crippen LogP contribution is 2.30. The highest BCUT2D eigenvalue weighted by atomic mass is 16.1. The lowest BCUT2D eigenvalue weighted by Crippen LogP contribution is -2.06. The first-order valence-corrected chi connectivity index (χ1v) is 9.83. The summed E-state index contributed by atoms with van der Waals surface area (Å²) in [5, 5.41) is 4.60. The second kappa shape index (κ2) is 7.43. The number of hydrogen-bond donors (Lipinski definition) is 0. The van der Waals surface area contributed by atoms with E-state index in [0.29, 0.717) is 12.2 Å². The smallest absolute Gasteiger partial charge is 0.159 e. The summed E-state index contributed by atoms with van der Waals surface area (Å²) in [6.07, 6.45) is 8.17. The third-order valence-electron chi connectivity index (χ3n) is 5.11. The van der Waals surface area contributed by atoms with Crippen LogP contribution in [-0.2, 0) is 11.2 Å². The normalized spacial score (nSPS) is 13.9. The molecule has 0 amide bonds. The molecule has 0 unspecified atom stereocenters. The van der Waals surface area contributed by atoms with Crippen molar-refractivity contribution in [2.75, 3.05) is 0 Å². The van der Waals surface area contributed by atoms with E-state index < -0.39 is 0 Å². The van der Waals surface area contributed by atoms with Crippen LogP contribution in [0.15, 0.2) is 66.9 Å². The van der Waals surface area contributed by atoms with Gasteiger partial charge in [0.25, 0.3) is 0 Å². The summed E-state index contributed by atoms with van der Waals surface area (Å²) in [5.74, 6) is 1.09. The lowest BCUT2D eigenvalue weighted by atomic mass is 10.1. The Balaban J connectivity index is 1.40. The van der Waals surface area contributed by atoms with Crippen LogP contribution in [0, 0.1) is 5.92 Å². The van der Waals surface area contributed by atoms with E-state index in [1.807, 2.05) is 53.1 Å². The van der Waals surface area contributed by atoms with Crippen molar-refractivity contribution < 1.29 is 4.79 Å². The number of carbonyl (C=O) groups is 1. The van der Waals surface area contributed by atoms with E-state index in [4.69, 9.17) is 0 Å². The van der Waals surface area contributed by atoms with Gasteiger partial charge >= 0.3 is 0 Å². The van der Waals surface area contributed by atoms with E-state index in [2.05, 4.69) is 39.3 Å². The first-order valence-electron chi connectivity index (χ1n) is 9.83. The van der Waals surface area contributed by atoms with Gasteiger partial charge in [-0.3, -0.25) is 9.78 Å². The monoisotopic (exact) mass is 380 g/mol. The van der Waals surface area contributed by atoms with Crippen molar-refractivity contribution in [3.05, 3.63) is 83.9 Å². The fraction of sp³-hybridized carbons (Fsp3) is 0.167. The molecule has 5 rings (SSSR count). The van der Waals surface area contributed by atoms with Crippen LogP contribution in [0.4, 0.5) is 0 Å². The molecule has 0 aliphatic heterocycles. The van der Waals surface area contributed by atoms with Gasteiger partial charge in [-0.15, -0.1) is 0 Å². The molecule has 0 saturated heterocycles. The molecule has 1 fully saturated rings. The number of Topliss-reactive ketones (excluding diaryl/α,β-unsaturated/α-hetero) is 1. The SMILES string of the molecule is O=C(Cc1nc2cccc(-c3ccc(/C=C/c4ccccn4)cc3)n2n1)C1CC1. The molecule has 142 valence electrons. The molecule has 5 nitrogen and oxygen atoms in total. The number of ketones is 1. The third-order valence-corrected chi connectivity index (χ3v) is 5.11. The number of rotatable bonds is 6. The largest absolute Gasteiger partial charge is 0.299 e. The van der Waals surface area contributed by atoms with Crippen LogP contribution in [0.25, 0.3) is 29.1 Å². The van der Waals surface area contributed by atoms with E-state index in [-0.39, 0.29) is 11.7 Å². The zero-order valence-electron chi connectivity index (χ0n) is 15.9. The predicted molar refractivity (Wildman–Crippen MR) is 113 cm³/mol. The maximum Gasteiger partial charge on any atom is 0.159 e. The molecule has 3 aromatic heterocycles. The van der Waals surface area contributed by atoms with Gasteiger partial charge in [0.1, 0.15) is 5.78 Å². The summed E-state index contributed by atoms with van der Waals surface area (Å²) in [7, 11) is 0. The first-order chi connectivity index (χ1) is 14.3. The van der Waals surface area contributed by atoms with Crippen molar-refractivity contribution in [1.82, 2.24) is 19.6 Å². The van der Waals surface area contributed by atoms with Gasteiger partial charge in [-0.05, 0) is 48.7 Å². The zero-order valence-corrected chi connectivity index (χ0v) is 15.9. The highest BCUT2D eigenvalue weighted by molar-refractivity contribution is 5.84. The molecule has 5 heteroatoms. The predicted octanol–water partition coefficient (Wildman–Crippen LogP) is 4.48. The van der Waals surface area contributed by atoms with Crippen molar-refractivity contribution in [3.63, 3.8) is 0 Å². The average Bonchev–Trinajstić information content (AvgIpc) is 3.53. The summed E-state index contributed by atoms with van der Waals surface area (Å²) < 4.78 is 1.83. The van der Waals surface area contributed by atoms with Crippen LogP contribution in [0.2, 0.25) is 0 Å². The molecule has 0 bridgehead atoms. The average molecular weight is 380 g/mol. The van der Waals surface area contributed by atoms with E-state index in [1.54, 1.807) is 6.20 Å². The van der Waals surface area contributed by atoms with Crippen LogP contribution in [-0.4, -0.2) is 25.4 Å². The Morgan fingerprint density at radius 1 is 1.00 bits per heavy atom. The third kappa shape index (κ3) is 3.85. The molecule has 0 N–H and O–H groups in total. The Bertz CT molecular complexity index is 1190. The molecular weight excluding hydrogens is 360 g/mol. The summed E-state index contributed by atoms with van der Waals surface area (Å²) in [6, 6.07) is 20.1. The van der Waals surface area contributed by atoms with Crippen LogP contribution in [0.5, 0.6) is 0 Å². The van der Waals surface area contributed by atoms with Crippen LogP contribution >= 0.6 is 0 Å². The van der Waals surface area contributed by atoms with Crippen LogP contribution < -0.4 is 0 Å². The number of carbonyl (C=O) groups excluding carboxylic acids is 1. The molecule has 29 heavy (non-hydrogen) atoms. The van der Waals surface area contributed by atoms with Crippen LogP contribution in [0.3, 0.4) is 0 Å². The Morgan fingerprint density at radius 3 is 2.62 bits per heavy atom. The minimum Gasteiger partial charge on any atom is -0.299 e. The van der Waals surface area contributed by atoms with Crippen molar-refractivity contribution in [2.45, 2.75) is 19.3 Å². The molecular formula is C24H20N4O. The fourth-order valence-electron chi connectivity index (χ4n) is 3.37. The molecule has 0 radical (unpaired) electrons. The minimum atomic E-state index is 0.229. The summed E-state index contributed by atoms with van der Waals surface area (Å²) >= 11 is 0. The van der Waals surface area contributed by atoms with Crippen LogP contribution in [0.1, 0.15) is 29.9 Å². The van der Waals surface area contributed by atoms with Crippen molar-refractivity contribution in [2.24, 2.45) is 5.92 Å². The summed E-state index contributed by atoms with van der Waals surface area (Å²) in [6.45, 7) is 0. The number of hydrogen-bond acceptors (Lipinski definition) is 4. The van der Waals surface area contributed by atoms with E-state index in [0.717, 1.165) is 41.0 Å². The summed E-state index contributed by atoms with van der Waals surface area (Å²) in [4.78, 5) is 21.0. The molecule has 1 aliphatic rings. The standard InChI is InChI=1S/C24H20N4O/c29-22(19-12-13-19)16-23-26-24-6-3-5-21(28(24)27-23)18-10-7-17(8-11-18)9-14-20-4-1-2-15-25-20/h1-11,14-15,19H,12-13,16H2/b14-9+. The van der Waals surface area contributed by atoms with Gasteiger partial charge in [-0.1, -0.05) is 42.5 Å². The second-order valence-corrected chi connectivity index (χ2v) is 7.34. The number of nitrogens with zero attached hydrogens (tertiary/aromatic N) is 4. The molecule has 0 spiro atoms. The van der Waals surface area contributed by atoms with Crippen molar-refractivity contribution in [1.29, 1.82) is 0 Å². The molecule has 1 saturated carbocycles. The van der Waals surface area contributed by atoms with Gasteiger partial charge in [0, 0.05) is 17.7 Å². The van der Waals surface area contributed by atoms with E-state index >= 15 is 0 Å². The number of aromatic nitrogens is 4.